The third-order valence-corrected chi connectivity index (χ3v) is 2.74. The molecule has 1 fully saturated rings. The average molecular weight is 155 g/mol. The van der Waals surface area contributed by atoms with Gasteiger partial charge < -0.3 is 5.73 Å². The number of rotatable bonds is 4. The highest BCUT2D eigenvalue weighted by Gasteiger charge is 2.47. The van der Waals surface area contributed by atoms with Gasteiger partial charge in [-0.3, -0.25) is 4.79 Å². The summed E-state index contributed by atoms with van der Waals surface area (Å²) in [4.78, 5) is 11.1. The van der Waals surface area contributed by atoms with Crippen LogP contribution in [0.25, 0.3) is 0 Å². The van der Waals surface area contributed by atoms with Crippen LogP contribution >= 0.6 is 0 Å². The molecule has 0 radical (unpaired) electrons. The molecule has 0 aromatic carbocycles. The zero-order valence-corrected chi connectivity index (χ0v) is 7.39. The molecule has 0 aliphatic heterocycles. The minimum absolute atomic E-state index is 0.0544. The number of hydrogen-bond donors (Lipinski definition) is 1. The van der Waals surface area contributed by atoms with E-state index in [9.17, 15) is 4.79 Å². The van der Waals surface area contributed by atoms with Crippen LogP contribution in [-0.2, 0) is 4.79 Å². The monoisotopic (exact) mass is 155 g/mol. The van der Waals surface area contributed by atoms with Crippen molar-refractivity contribution in [3.05, 3.63) is 0 Å². The van der Waals surface area contributed by atoms with Crippen LogP contribution in [0.2, 0.25) is 0 Å². The maximum Gasteiger partial charge on any atom is 0.135 e. The van der Waals surface area contributed by atoms with Crippen molar-refractivity contribution in [1.29, 1.82) is 0 Å². The Balaban J connectivity index is 2.41. The predicted molar refractivity (Wildman–Crippen MR) is 45.2 cm³/mol. The van der Waals surface area contributed by atoms with Crippen molar-refractivity contribution in [3.63, 3.8) is 0 Å². The summed E-state index contributed by atoms with van der Waals surface area (Å²) in [6.07, 6.45) is 3.18. The van der Waals surface area contributed by atoms with Crippen LogP contribution in [0.15, 0.2) is 0 Å². The van der Waals surface area contributed by atoms with Gasteiger partial charge in [0.15, 0.2) is 0 Å². The first-order valence-electron chi connectivity index (χ1n) is 4.32. The molecule has 0 saturated heterocycles. The van der Waals surface area contributed by atoms with Gasteiger partial charge in [-0.05, 0) is 38.6 Å². The Morgan fingerprint density at radius 3 is 2.45 bits per heavy atom. The van der Waals surface area contributed by atoms with E-state index >= 15 is 0 Å². The number of carbonyl (C=O) groups excluding carboxylic acids is 1. The number of ketones is 1. The summed E-state index contributed by atoms with van der Waals surface area (Å²) in [7, 11) is 0. The van der Waals surface area contributed by atoms with Gasteiger partial charge >= 0.3 is 0 Å². The Bertz CT molecular complexity index is 161. The topological polar surface area (TPSA) is 43.1 Å². The number of hydrogen-bond acceptors (Lipinski definition) is 2. The second-order valence-corrected chi connectivity index (χ2v) is 3.88. The normalized spacial score (nSPS) is 22.8. The van der Waals surface area contributed by atoms with Crippen molar-refractivity contribution < 1.29 is 4.79 Å². The van der Waals surface area contributed by atoms with Crippen LogP contribution in [-0.4, -0.2) is 12.3 Å². The fourth-order valence-electron chi connectivity index (χ4n) is 1.60. The fraction of sp³-hybridized carbons (Fsp3) is 0.889. The van der Waals surface area contributed by atoms with Gasteiger partial charge in [-0.15, -0.1) is 0 Å². The molecule has 2 nitrogen and oxygen atoms in total. The van der Waals surface area contributed by atoms with Crippen LogP contribution in [0.1, 0.15) is 33.1 Å². The van der Waals surface area contributed by atoms with E-state index in [1.54, 1.807) is 6.92 Å². The Morgan fingerprint density at radius 1 is 1.64 bits per heavy atom. The quantitative estimate of drug-likeness (QED) is 0.665. The average Bonchev–Trinajstić information content (AvgIpc) is 2.69. The van der Waals surface area contributed by atoms with Gasteiger partial charge in [0.1, 0.15) is 5.78 Å². The molecule has 2 heteroatoms. The molecule has 0 aromatic heterocycles. The first kappa shape index (κ1) is 8.72. The molecule has 0 amide bonds. The molecule has 1 atom stereocenters. The van der Waals surface area contributed by atoms with Crippen molar-refractivity contribution >= 4 is 5.78 Å². The van der Waals surface area contributed by atoms with E-state index in [1.807, 2.05) is 0 Å². The molecule has 1 aliphatic rings. The van der Waals surface area contributed by atoms with E-state index < -0.39 is 0 Å². The predicted octanol–water partition coefficient (Wildman–Crippen LogP) is 1.34. The molecule has 1 saturated carbocycles. The number of Topliss-reactive ketones (excluding diaryl/α,β-unsaturated/α-hetero) is 1. The first-order valence-corrected chi connectivity index (χ1v) is 4.32. The van der Waals surface area contributed by atoms with Crippen LogP contribution in [0, 0.1) is 11.3 Å². The van der Waals surface area contributed by atoms with Crippen molar-refractivity contribution in [2.75, 3.05) is 6.54 Å². The van der Waals surface area contributed by atoms with E-state index in [1.165, 1.54) is 0 Å². The number of nitrogens with two attached hydrogens (primary N) is 1. The van der Waals surface area contributed by atoms with Crippen LogP contribution < -0.4 is 5.73 Å². The lowest BCUT2D eigenvalue weighted by molar-refractivity contribution is -0.122. The van der Waals surface area contributed by atoms with E-state index in [-0.39, 0.29) is 5.41 Å². The molecular weight excluding hydrogens is 138 g/mol. The Labute approximate surface area is 68.2 Å². The fourth-order valence-corrected chi connectivity index (χ4v) is 1.60. The molecule has 2 N–H and O–H groups in total. The molecule has 0 aromatic rings. The highest BCUT2D eigenvalue weighted by molar-refractivity contribution is 5.84. The zero-order valence-electron chi connectivity index (χ0n) is 7.39. The summed E-state index contributed by atoms with van der Waals surface area (Å²) in [5.41, 5.74) is 5.55. The summed E-state index contributed by atoms with van der Waals surface area (Å²) in [5.74, 6) is 0.860. The number of carbonyl (C=O) groups is 1. The molecule has 0 heterocycles. The maximum atomic E-state index is 11.1. The Morgan fingerprint density at radius 2 is 2.18 bits per heavy atom. The van der Waals surface area contributed by atoms with E-state index in [0.29, 0.717) is 18.2 Å². The lowest BCUT2D eigenvalue weighted by atomic mass is 9.90. The zero-order chi connectivity index (χ0) is 8.48. The summed E-state index contributed by atoms with van der Waals surface area (Å²) in [5, 5.41) is 0. The molecule has 11 heavy (non-hydrogen) atoms. The van der Waals surface area contributed by atoms with Gasteiger partial charge in [-0.1, -0.05) is 6.92 Å². The molecule has 64 valence electrons. The first-order chi connectivity index (χ1) is 5.10. The second kappa shape index (κ2) is 2.94. The van der Waals surface area contributed by atoms with E-state index in [2.05, 4.69) is 6.92 Å². The van der Waals surface area contributed by atoms with Gasteiger partial charge in [-0.2, -0.15) is 0 Å². The van der Waals surface area contributed by atoms with Crippen LogP contribution in [0.4, 0.5) is 0 Å². The minimum Gasteiger partial charge on any atom is -0.330 e. The van der Waals surface area contributed by atoms with Gasteiger partial charge in [0, 0.05) is 5.41 Å². The summed E-state index contributed by atoms with van der Waals surface area (Å²) in [6.45, 7) is 4.52. The molecule has 1 aliphatic carbocycles. The lowest BCUT2D eigenvalue weighted by Gasteiger charge is -2.15. The van der Waals surface area contributed by atoms with Crippen molar-refractivity contribution in [3.8, 4) is 0 Å². The van der Waals surface area contributed by atoms with Gasteiger partial charge in [0.05, 0.1) is 0 Å². The van der Waals surface area contributed by atoms with Crippen molar-refractivity contribution in [2.24, 2.45) is 17.1 Å². The summed E-state index contributed by atoms with van der Waals surface area (Å²) >= 11 is 0. The van der Waals surface area contributed by atoms with Gasteiger partial charge in [0.25, 0.3) is 0 Å². The highest BCUT2D eigenvalue weighted by Crippen LogP contribution is 2.51. The summed E-state index contributed by atoms with van der Waals surface area (Å²) < 4.78 is 0. The van der Waals surface area contributed by atoms with Gasteiger partial charge in [-0.25, -0.2) is 0 Å². The third kappa shape index (κ3) is 1.80. The van der Waals surface area contributed by atoms with Crippen molar-refractivity contribution in [2.45, 2.75) is 33.1 Å². The molecule has 0 spiro atoms. The molecule has 0 bridgehead atoms. The molecule has 1 rings (SSSR count). The second-order valence-electron chi connectivity index (χ2n) is 3.88. The van der Waals surface area contributed by atoms with Gasteiger partial charge in [0.2, 0.25) is 0 Å². The van der Waals surface area contributed by atoms with Crippen molar-refractivity contribution in [1.82, 2.24) is 0 Å². The third-order valence-electron chi connectivity index (χ3n) is 2.74. The van der Waals surface area contributed by atoms with E-state index in [4.69, 9.17) is 5.73 Å². The van der Waals surface area contributed by atoms with Crippen LogP contribution in [0.3, 0.4) is 0 Å². The molecular formula is C9H17NO. The lowest BCUT2D eigenvalue weighted by Crippen LogP contribution is -2.20. The molecule has 0 unspecified atom stereocenters. The highest BCUT2D eigenvalue weighted by atomic mass is 16.1. The Kier molecular flexibility index (Phi) is 2.33. The maximum absolute atomic E-state index is 11.1. The smallest absolute Gasteiger partial charge is 0.135 e. The SMILES string of the molecule is CC(=O)C1(C[C@@H](C)CN)CC1. The standard InChI is InChI=1S/C9H17NO/c1-7(6-10)5-9(3-4-9)8(2)11/h7H,3-6,10H2,1-2H3/t7-/m1/s1. The Hall–Kier alpha value is -0.370. The largest absolute Gasteiger partial charge is 0.330 e. The summed E-state index contributed by atoms with van der Waals surface area (Å²) in [6, 6.07) is 0. The van der Waals surface area contributed by atoms with E-state index in [0.717, 1.165) is 19.3 Å². The minimum atomic E-state index is 0.0544. The van der Waals surface area contributed by atoms with Crippen LogP contribution in [0.5, 0.6) is 0 Å².